The molecular weight excluding hydrogens is 413 g/mol. The average Bonchev–Trinajstić information content (AvgIpc) is 2.58. The van der Waals surface area contributed by atoms with Gasteiger partial charge >= 0.3 is 0 Å². The fourth-order valence-corrected chi connectivity index (χ4v) is 2.52. The lowest BCUT2D eigenvalue weighted by Gasteiger charge is -2.22. The van der Waals surface area contributed by atoms with Gasteiger partial charge in [0.25, 0.3) is 0 Å². The van der Waals surface area contributed by atoms with Crippen molar-refractivity contribution in [3.05, 3.63) is 71.3 Å². The molecule has 24 heavy (non-hydrogen) atoms. The van der Waals surface area contributed by atoms with Crippen molar-refractivity contribution < 1.29 is 4.74 Å². The van der Waals surface area contributed by atoms with Gasteiger partial charge < -0.3 is 15.0 Å². The normalized spacial score (nSPS) is 10.9. The van der Waals surface area contributed by atoms with Crippen molar-refractivity contribution in [1.82, 2.24) is 10.2 Å². The maximum atomic E-state index is 5.26. The van der Waals surface area contributed by atoms with Crippen LogP contribution < -0.4 is 5.32 Å². The highest BCUT2D eigenvalue weighted by atomic mass is 127. The first kappa shape index (κ1) is 20.4. The van der Waals surface area contributed by atoms with Crippen LogP contribution in [0.15, 0.2) is 59.6 Å². The van der Waals surface area contributed by atoms with Crippen molar-refractivity contribution in [3.63, 3.8) is 0 Å². The van der Waals surface area contributed by atoms with Gasteiger partial charge in [-0.2, -0.15) is 0 Å². The molecule has 0 fully saturated rings. The number of nitrogens with zero attached hydrogens (tertiary/aromatic N) is 2. The van der Waals surface area contributed by atoms with Crippen molar-refractivity contribution in [3.8, 4) is 0 Å². The molecule has 1 N–H and O–H groups in total. The van der Waals surface area contributed by atoms with Crippen LogP contribution in [0.3, 0.4) is 0 Å². The summed E-state index contributed by atoms with van der Waals surface area (Å²) in [5.41, 5.74) is 3.69. The quantitative estimate of drug-likeness (QED) is 0.424. The lowest BCUT2D eigenvalue weighted by molar-refractivity contribution is 0.184. The summed E-state index contributed by atoms with van der Waals surface area (Å²) in [5, 5.41) is 3.42. The first-order valence-electron chi connectivity index (χ1n) is 7.76. The molecule has 0 spiro atoms. The first-order valence-corrected chi connectivity index (χ1v) is 7.76. The SMILES string of the molecule is CN=C(NCc1ccccc1COC)N(C)Cc1ccccc1.I. The number of rotatable bonds is 6. The summed E-state index contributed by atoms with van der Waals surface area (Å²) in [6, 6.07) is 18.7. The third kappa shape index (κ3) is 6.13. The maximum Gasteiger partial charge on any atom is 0.193 e. The van der Waals surface area contributed by atoms with Gasteiger partial charge in [-0.25, -0.2) is 0 Å². The number of guanidine groups is 1. The third-order valence-electron chi connectivity index (χ3n) is 3.69. The zero-order valence-corrected chi connectivity index (χ0v) is 16.9. The number of aliphatic imine (C=N–C) groups is 1. The molecule has 2 aromatic carbocycles. The molecule has 4 nitrogen and oxygen atoms in total. The summed E-state index contributed by atoms with van der Waals surface area (Å²) in [7, 11) is 5.57. The molecule has 2 aromatic rings. The highest BCUT2D eigenvalue weighted by Crippen LogP contribution is 2.10. The molecule has 0 unspecified atom stereocenters. The number of methoxy groups -OCH3 is 1. The van der Waals surface area contributed by atoms with E-state index in [1.165, 1.54) is 16.7 Å². The Bertz CT molecular complexity index is 632. The van der Waals surface area contributed by atoms with Crippen LogP contribution in [0.5, 0.6) is 0 Å². The molecule has 0 heterocycles. The molecule has 0 aromatic heterocycles. The predicted molar refractivity (Wildman–Crippen MR) is 111 cm³/mol. The van der Waals surface area contributed by atoms with Crippen LogP contribution in [0, 0.1) is 0 Å². The fraction of sp³-hybridized carbons (Fsp3) is 0.316. The van der Waals surface area contributed by atoms with E-state index >= 15 is 0 Å². The largest absolute Gasteiger partial charge is 0.380 e. The number of halogens is 1. The summed E-state index contributed by atoms with van der Waals surface area (Å²) in [5.74, 6) is 0.876. The minimum absolute atomic E-state index is 0. The molecule has 130 valence electrons. The van der Waals surface area contributed by atoms with Crippen molar-refractivity contribution in [2.45, 2.75) is 19.7 Å². The Hall–Kier alpha value is -1.60. The fourth-order valence-electron chi connectivity index (χ4n) is 2.52. The van der Waals surface area contributed by atoms with E-state index < -0.39 is 0 Å². The van der Waals surface area contributed by atoms with E-state index in [0.29, 0.717) is 6.61 Å². The first-order chi connectivity index (χ1) is 11.2. The van der Waals surface area contributed by atoms with Crippen molar-refractivity contribution >= 4 is 29.9 Å². The van der Waals surface area contributed by atoms with Crippen LogP contribution >= 0.6 is 24.0 Å². The van der Waals surface area contributed by atoms with Crippen LogP contribution in [0.2, 0.25) is 0 Å². The Balaban J connectivity index is 0.00000288. The molecule has 5 heteroatoms. The maximum absolute atomic E-state index is 5.26. The highest BCUT2D eigenvalue weighted by Gasteiger charge is 2.08. The van der Waals surface area contributed by atoms with Gasteiger partial charge in [-0.3, -0.25) is 4.99 Å². The molecule has 0 radical (unpaired) electrons. The smallest absolute Gasteiger partial charge is 0.193 e. The molecule has 0 aliphatic carbocycles. The summed E-state index contributed by atoms with van der Waals surface area (Å²) in [4.78, 5) is 6.49. The van der Waals surface area contributed by atoms with Gasteiger partial charge in [0.15, 0.2) is 5.96 Å². The lowest BCUT2D eigenvalue weighted by atomic mass is 10.1. The number of benzene rings is 2. The minimum atomic E-state index is 0. The van der Waals surface area contributed by atoms with Gasteiger partial charge in [-0.15, -0.1) is 24.0 Å². The summed E-state index contributed by atoms with van der Waals surface area (Å²) in [6.45, 7) is 2.17. The summed E-state index contributed by atoms with van der Waals surface area (Å²) in [6.07, 6.45) is 0. The Morgan fingerprint density at radius 1 is 1.04 bits per heavy atom. The van der Waals surface area contributed by atoms with Gasteiger partial charge in [-0.05, 0) is 16.7 Å². The van der Waals surface area contributed by atoms with E-state index in [2.05, 4.69) is 51.6 Å². The molecule has 0 saturated heterocycles. The molecule has 0 bridgehead atoms. The Kier molecular flexibility index (Phi) is 9.41. The third-order valence-corrected chi connectivity index (χ3v) is 3.69. The molecule has 0 saturated carbocycles. The van der Waals surface area contributed by atoms with Crippen molar-refractivity contribution in [2.24, 2.45) is 4.99 Å². The van der Waals surface area contributed by atoms with Gasteiger partial charge in [0.1, 0.15) is 0 Å². The summed E-state index contributed by atoms with van der Waals surface area (Å²) < 4.78 is 5.26. The number of hydrogen-bond acceptors (Lipinski definition) is 2. The van der Waals surface area contributed by atoms with E-state index in [-0.39, 0.29) is 24.0 Å². The van der Waals surface area contributed by atoms with E-state index in [9.17, 15) is 0 Å². The zero-order chi connectivity index (χ0) is 16.5. The van der Waals surface area contributed by atoms with Gasteiger partial charge in [0.05, 0.1) is 6.61 Å². The van der Waals surface area contributed by atoms with Gasteiger partial charge in [0.2, 0.25) is 0 Å². The Morgan fingerprint density at radius 3 is 2.29 bits per heavy atom. The average molecular weight is 439 g/mol. The van der Waals surface area contributed by atoms with Crippen LogP contribution in [0.1, 0.15) is 16.7 Å². The summed E-state index contributed by atoms with van der Waals surface area (Å²) >= 11 is 0. The number of nitrogens with one attached hydrogen (secondary N) is 1. The van der Waals surface area contributed by atoms with Crippen LogP contribution in [0.25, 0.3) is 0 Å². The lowest BCUT2D eigenvalue weighted by Crippen LogP contribution is -2.38. The molecule has 0 aliphatic heterocycles. The molecule has 0 amide bonds. The number of hydrogen-bond donors (Lipinski definition) is 1. The van der Waals surface area contributed by atoms with Gasteiger partial charge in [0, 0.05) is 34.3 Å². The van der Waals surface area contributed by atoms with E-state index in [1.54, 1.807) is 7.11 Å². The van der Waals surface area contributed by atoms with Crippen LogP contribution in [-0.4, -0.2) is 32.1 Å². The van der Waals surface area contributed by atoms with Crippen molar-refractivity contribution in [2.75, 3.05) is 21.2 Å². The van der Waals surface area contributed by atoms with E-state index in [4.69, 9.17) is 4.74 Å². The molecule has 0 aliphatic rings. The zero-order valence-electron chi connectivity index (χ0n) is 14.5. The second-order valence-electron chi connectivity index (χ2n) is 5.44. The molecular formula is C19H26IN3O. The Labute approximate surface area is 162 Å². The second kappa shape index (κ2) is 11.0. The Morgan fingerprint density at radius 2 is 1.67 bits per heavy atom. The predicted octanol–water partition coefficient (Wildman–Crippen LogP) is 3.66. The van der Waals surface area contributed by atoms with E-state index in [0.717, 1.165) is 19.0 Å². The van der Waals surface area contributed by atoms with Gasteiger partial charge in [-0.1, -0.05) is 54.6 Å². The minimum Gasteiger partial charge on any atom is -0.380 e. The van der Waals surface area contributed by atoms with E-state index in [1.807, 2.05) is 32.3 Å². The number of ether oxygens (including phenoxy) is 1. The topological polar surface area (TPSA) is 36.9 Å². The monoisotopic (exact) mass is 439 g/mol. The van der Waals surface area contributed by atoms with Crippen molar-refractivity contribution in [1.29, 1.82) is 0 Å². The second-order valence-corrected chi connectivity index (χ2v) is 5.44. The van der Waals surface area contributed by atoms with Crippen LogP contribution in [0.4, 0.5) is 0 Å². The standard InChI is InChI=1S/C19H25N3O.HI/c1-20-19(22(2)14-16-9-5-4-6-10-16)21-13-17-11-7-8-12-18(17)15-23-3;/h4-12H,13-15H2,1-3H3,(H,20,21);1H. The molecule has 0 atom stereocenters. The highest BCUT2D eigenvalue weighted by molar-refractivity contribution is 14.0. The molecule has 2 rings (SSSR count). The van der Waals surface area contributed by atoms with Crippen LogP contribution in [-0.2, 0) is 24.4 Å².